The minimum atomic E-state index is -0.250. The highest BCUT2D eigenvalue weighted by Crippen LogP contribution is 2.38. The Balaban J connectivity index is 1.31. The van der Waals surface area contributed by atoms with Crippen molar-refractivity contribution >= 4 is 52.4 Å². The van der Waals surface area contributed by atoms with E-state index >= 15 is 0 Å². The summed E-state index contributed by atoms with van der Waals surface area (Å²) >= 11 is 6.60. The highest BCUT2D eigenvalue weighted by atomic mass is 35.5. The van der Waals surface area contributed by atoms with Gasteiger partial charge in [-0.3, -0.25) is 14.6 Å². The normalized spacial score (nSPS) is 18.9. The van der Waals surface area contributed by atoms with Gasteiger partial charge in [0.25, 0.3) is 0 Å². The zero-order valence-electron chi connectivity index (χ0n) is 25.7. The topological polar surface area (TPSA) is 97.4 Å². The van der Waals surface area contributed by atoms with Crippen LogP contribution in [-0.4, -0.2) is 91.2 Å². The van der Waals surface area contributed by atoms with Crippen molar-refractivity contribution in [2.75, 3.05) is 73.4 Å². The largest absolute Gasteiger partial charge is 0.497 e. The van der Waals surface area contributed by atoms with Crippen molar-refractivity contribution in [3.8, 4) is 5.75 Å². The van der Waals surface area contributed by atoms with E-state index < -0.39 is 0 Å². The summed E-state index contributed by atoms with van der Waals surface area (Å²) < 4.78 is 5.42. The molecule has 0 saturated carbocycles. The third kappa shape index (κ3) is 5.86. The van der Waals surface area contributed by atoms with Crippen molar-refractivity contribution in [2.45, 2.75) is 39.3 Å². The van der Waals surface area contributed by atoms with E-state index in [2.05, 4.69) is 46.2 Å². The number of likely N-dealkylation sites (tertiary alicyclic amines) is 1. The van der Waals surface area contributed by atoms with Crippen LogP contribution >= 0.6 is 11.6 Å². The molecule has 0 unspecified atom stereocenters. The number of rotatable bonds is 7. The Morgan fingerprint density at radius 2 is 1.89 bits per heavy atom. The smallest absolute Gasteiger partial charge is 0.330 e. The molecule has 1 N–H and O–H groups in total. The number of ether oxygens (including phenoxy) is 1. The molecule has 0 bridgehead atoms. The number of likely N-dealkylation sites (N-methyl/N-ethyl adjacent to an activating group) is 1. The molecule has 0 radical (unpaired) electrons. The Labute approximate surface area is 263 Å². The van der Waals surface area contributed by atoms with Gasteiger partial charge in [0.05, 0.1) is 30.4 Å². The first-order chi connectivity index (χ1) is 21.2. The molecule has 3 aromatic rings. The molecular formula is C32H39ClN8O3. The number of amides is 3. The Morgan fingerprint density at radius 1 is 1.09 bits per heavy atom. The molecular weight excluding hydrogens is 580 g/mol. The van der Waals surface area contributed by atoms with E-state index in [-0.39, 0.29) is 24.5 Å². The lowest BCUT2D eigenvalue weighted by atomic mass is 10.1. The minimum Gasteiger partial charge on any atom is -0.497 e. The zero-order chi connectivity index (χ0) is 31.0. The highest BCUT2D eigenvalue weighted by molar-refractivity contribution is 6.34. The average Bonchev–Trinajstić information content (AvgIpc) is 3.51. The molecule has 0 aliphatic carbocycles. The molecule has 12 heteroatoms. The van der Waals surface area contributed by atoms with Crippen LogP contribution in [0.2, 0.25) is 5.02 Å². The Kier molecular flexibility index (Phi) is 8.50. The molecule has 3 amide bonds. The van der Waals surface area contributed by atoms with E-state index in [0.29, 0.717) is 54.2 Å². The molecule has 44 heavy (non-hydrogen) atoms. The van der Waals surface area contributed by atoms with Crippen LogP contribution < -0.4 is 24.8 Å². The molecule has 3 aliphatic heterocycles. The van der Waals surface area contributed by atoms with Gasteiger partial charge in [-0.2, -0.15) is 4.98 Å². The highest BCUT2D eigenvalue weighted by Gasteiger charge is 2.41. The number of benzene rings is 2. The van der Waals surface area contributed by atoms with Gasteiger partial charge in [-0.15, -0.1) is 0 Å². The second-order valence-electron chi connectivity index (χ2n) is 11.7. The van der Waals surface area contributed by atoms with Crippen molar-refractivity contribution in [3.05, 3.63) is 58.7 Å². The van der Waals surface area contributed by atoms with Crippen molar-refractivity contribution in [3.63, 3.8) is 0 Å². The fraction of sp³-hybridized carbons (Fsp3) is 0.438. The predicted octanol–water partition coefficient (Wildman–Crippen LogP) is 4.90. The first kappa shape index (κ1) is 30.0. The maximum absolute atomic E-state index is 14.3. The fourth-order valence-electron chi connectivity index (χ4n) is 6.25. The van der Waals surface area contributed by atoms with Gasteiger partial charge in [-0.1, -0.05) is 18.5 Å². The second kappa shape index (κ2) is 12.5. The summed E-state index contributed by atoms with van der Waals surface area (Å²) in [5, 5.41) is 3.79. The first-order valence-electron chi connectivity index (χ1n) is 15.1. The van der Waals surface area contributed by atoms with E-state index in [1.807, 2.05) is 17.9 Å². The van der Waals surface area contributed by atoms with Gasteiger partial charge in [0, 0.05) is 74.9 Å². The standard InChI is InChI=1S/C32H39ClN8O3/c1-5-29(42)39-11-10-24(20-39)41-30-22(19-40(32(41)43)28-17-25(44-4)7-8-26(28)33)18-34-31(36-30)35-23-6-9-27(21(2)16-23)38-14-12-37(3)13-15-38/h6-9,16-18,24H,5,10-15,19-20H2,1-4H3,(H,34,35,36)/t24-/m0/s1. The molecule has 232 valence electrons. The van der Waals surface area contributed by atoms with E-state index in [4.69, 9.17) is 21.3 Å². The number of nitrogens with one attached hydrogen (secondary N) is 1. The van der Waals surface area contributed by atoms with E-state index in [9.17, 15) is 9.59 Å². The predicted molar refractivity (Wildman–Crippen MR) is 174 cm³/mol. The van der Waals surface area contributed by atoms with E-state index in [1.54, 1.807) is 41.3 Å². The van der Waals surface area contributed by atoms with Gasteiger partial charge in [0.15, 0.2) is 0 Å². The first-order valence-corrected chi connectivity index (χ1v) is 15.5. The number of nitrogens with zero attached hydrogens (tertiary/aromatic N) is 7. The van der Waals surface area contributed by atoms with Crippen molar-refractivity contribution < 1.29 is 14.3 Å². The molecule has 1 atom stereocenters. The number of hydrogen-bond donors (Lipinski definition) is 1. The van der Waals surface area contributed by atoms with Crippen LogP contribution in [0.1, 0.15) is 30.9 Å². The van der Waals surface area contributed by atoms with Gasteiger partial charge in [-0.05, 0) is 56.3 Å². The fourth-order valence-corrected chi connectivity index (χ4v) is 6.47. The van der Waals surface area contributed by atoms with Crippen LogP contribution in [0.5, 0.6) is 5.75 Å². The Morgan fingerprint density at radius 3 is 2.61 bits per heavy atom. The number of methoxy groups -OCH3 is 1. The summed E-state index contributed by atoms with van der Waals surface area (Å²) in [6.07, 6.45) is 2.84. The minimum absolute atomic E-state index is 0.0744. The lowest BCUT2D eigenvalue weighted by Gasteiger charge is -2.39. The van der Waals surface area contributed by atoms with E-state index in [1.165, 1.54) is 11.3 Å². The maximum atomic E-state index is 14.3. The van der Waals surface area contributed by atoms with Crippen LogP contribution in [0.4, 0.5) is 33.6 Å². The van der Waals surface area contributed by atoms with Gasteiger partial charge >= 0.3 is 6.03 Å². The van der Waals surface area contributed by atoms with Crippen LogP contribution in [-0.2, 0) is 11.3 Å². The summed E-state index contributed by atoms with van der Waals surface area (Å²) in [4.78, 5) is 46.3. The molecule has 1 aromatic heterocycles. The van der Waals surface area contributed by atoms with Crippen LogP contribution in [0.25, 0.3) is 0 Å². The third-order valence-electron chi connectivity index (χ3n) is 8.76. The second-order valence-corrected chi connectivity index (χ2v) is 12.1. The van der Waals surface area contributed by atoms with Crippen molar-refractivity contribution in [2.24, 2.45) is 0 Å². The van der Waals surface area contributed by atoms with Crippen LogP contribution in [0.3, 0.4) is 0 Å². The Bertz CT molecular complexity index is 1560. The molecule has 0 spiro atoms. The quantitative estimate of drug-likeness (QED) is 0.399. The molecule has 2 aromatic carbocycles. The number of piperazine rings is 1. The number of halogens is 1. The SMILES string of the molecule is CCC(=O)N1CC[C@H](N2C(=O)N(c3cc(OC)ccc3Cl)Cc3cnc(Nc4ccc(N5CCN(C)CC5)c(C)c4)nc32)C1. The number of carbonyl (C=O) groups is 2. The van der Waals surface area contributed by atoms with E-state index in [0.717, 1.165) is 37.4 Å². The van der Waals surface area contributed by atoms with Crippen molar-refractivity contribution in [1.29, 1.82) is 0 Å². The summed E-state index contributed by atoms with van der Waals surface area (Å²) in [7, 11) is 3.73. The molecule has 2 fully saturated rings. The number of anilines is 5. The lowest BCUT2D eigenvalue weighted by molar-refractivity contribution is -0.129. The number of hydrogen-bond acceptors (Lipinski definition) is 8. The number of aromatic nitrogens is 2. The summed E-state index contributed by atoms with van der Waals surface area (Å²) in [6, 6.07) is 11.1. The number of fused-ring (bicyclic) bond motifs is 1. The molecule has 3 aliphatic rings. The van der Waals surface area contributed by atoms with Crippen molar-refractivity contribution in [1.82, 2.24) is 19.8 Å². The molecule has 6 rings (SSSR count). The maximum Gasteiger partial charge on any atom is 0.330 e. The van der Waals surface area contributed by atoms with Gasteiger partial charge in [0.2, 0.25) is 11.9 Å². The Hall–Kier alpha value is -4.09. The lowest BCUT2D eigenvalue weighted by Crippen LogP contribution is -2.53. The average molecular weight is 619 g/mol. The summed E-state index contributed by atoms with van der Waals surface area (Å²) in [5.74, 6) is 1.62. The summed E-state index contributed by atoms with van der Waals surface area (Å²) in [5.41, 5.74) is 4.61. The third-order valence-corrected chi connectivity index (χ3v) is 9.08. The van der Waals surface area contributed by atoms with Gasteiger partial charge in [-0.25, -0.2) is 9.78 Å². The number of urea groups is 1. The molecule has 2 saturated heterocycles. The van der Waals surface area contributed by atoms with Crippen LogP contribution in [0, 0.1) is 6.92 Å². The van der Waals surface area contributed by atoms with Gasteiger partial charge < -0.3 is 24.8 Å². The summed E-state index contributed by atoms with van der Waals surface area (Å²) in [6.45, 7) is 9.35. The van der Waals surface area contributed by atoms with Crippen LogP contribution in [0.15, 0.2) is 42.6 Å². The molecule has 11 nitrogen and oxygen atoms in total. The monoisotopic (exact) mass is 618 g/mol. The molecule has 4 heterocycles. The van der Waals surface area contributed by atoms with Gasteiger partial charge in [0.1, 0.15) is 11.6 Å². The number of aryl methyl sites for hydroxylation is 1. The number of carbonyl (C=O) groups excluding carboxylic acids is 2. The zero-order valence-corrected chi connectivity index (χ0v) is 26.5.